The molecule has 0 aromatic heterocycles. The number of aromatic hydroxyl groups is 1. The minimum Gasteiger partial charge on any atom is -0.504 e. The summed E-state index contributed by atoms with van der Waals surface area (Å²) >= 11 is 0. The van der Waals surface area contributed by atoms with Gasteiger partial charge in [-0.3, -0.25) is 5.41 Å². The number of phenols is 1. The van der Waals surface area contributed by atoms with E-state index in [4.69, 9.17) is 15.9 Å². The standard InChI is InChI=1S/C10H14N2O2/c1-6(2)14-9-4-3-7(10(11)12)5-8(9)13/h3-6,13H,1-2H3,(H3,11,12). The Morgan fingerprint density at radius 1 is 1.50 bits per heavy atom. The Bertz CT molecular complexity index is 348. The highest BCUT2D eigenvalue weighted by atomic mass is 16.5. The lowest BCUT2D eigenvalue weighted by molar-refractivity contribution is 0.232. The third-order valence-electron chi connectivity index (χ3n) is 1.63. The summed E-state index contributed by atoms with van der Waals surface area (Å²) in [5.41, 5.74) is 5.75. The van der Waals surface area contributed by atoms with Crippen LogP contribution in [0.3, 0.4) is 0 Å². The predicted molar refractivity (Wildman–Crippen MR) is 54.9 cm³/mol. The molecule has 1 rings (SSSR count). The van der Waals surface area contributed by atoms with E-state index >= 15 is 0 Å². The van der Waals surface area contributed by atoms with Crippen molar-refractivity contribution in [2.75, 3.05) is 0 Å². The lowest BCUT2D eigenvalue weighted by Crippen LogP contribution is -2.11. The molecule has 0 aliphatic heterocycles. The van der Waals surface area contributed by atoms with Gasteiger partial charge in [0.15, 0.2) is 11.5 Å². The first-order chi connectivity index (χ1) is 6.50. The van der Waals surface area contributed by atoms with E-state index < -0.39 is 0 Å². The molecule has 0 saturated heterocycles. The summed E-state index contributed by atoms with van der Waals surface area (Å²) in [6, 6.07) is 4.66. The average Bonchev–Trinajstić information content (AvgIpc) is 2.07. The molecule has 0 aliphatic rings. The van der Waals surface area contributed by atoms with Gasteiger partial charge in [0.2, 0.25) is 0 Å². The van der Waals surface area contributed by atoms with Gasteiger partial charge < -0.3 is 15.6 Å². The number of benzene rings is 1. The quantitative estimate of drug-likeness (QED) is 0.503. The van der Waals surface area contributed by atoms with Gasteiger partial charge in [-0.25, -0.2) is 0 Å². The number of nitrogen functional groups attached to an aromatic ring is 1. The number of nitrogens with one attached hydrogen (secondary N) is 1. The summed E-state index contributed by atoms with van der Waals surface area (Å²) in [7, 11) is 0. The second kappa shape index (κ2) is 4.00. The van der Waals surface area contributed by atoms with Crippen LogP contribution in [-0.2, 0) is 0 Å². The van der Waals surface area contributed by atoms with Crippen LogP contribution in [0.5, 0.6) is 11.5 Å². The highest BCUT2D eigenvalue weighted by Crippen LogP contribution is 2.27. The molecular weight excluding hydrogens is 180 g/mol. The maximum atomic E-state index is 9.51. The third-order valence-corrected chi connectivity index (χ3v) is 1.63. The molecular formula is C10H14N2O2. The van der Waals surface area contributed by atoms with Gasteiger partial charge in [-0.1, -0.05) is 0 Å². The summed E-state index contributed by atoms with van der Waals surface area (Å²) in [5, 5.41) is 16.7. The van der Waals surface area contributed by atoms with E-state index in [-0.39, 0.29) is 17.7 Å². The molecule has 0 bridgehead atoms. The maximum absolute atomic E-state index is 9.51. The lowest BCUT2D eigenvalue weighted by atomic mass is 10.2. The molecule has 1 aromatic carbocycles. The van der Waals surface area contributed by atoms with E-state index in [0.29, 0.717) is 11.3 Å². The zero-order valence-corrected chi connectivity index (χ0v) is 8.24. The predicted octanol–water partition coefficient (Wildman–Crippen LogP) is 1.46. The second-order valence-electron chi connectivity index (χ2n) is 3.26. The number of nitrogens with two attached hydrogens (primary N) is 1. The Morgan fingerprint density at radius 3 is 2.57 bits per heavy atom. The molecule has 0 unspecified atom stereocenters. The molecule has 4 heteroatoms. The van der Waals surface area contributed by atoms with Gasteiger partial charge in [0.1, 0.15) is 5.84 Å². The van der Waals surface area contributed by atoms with Gasteiger partial charge in [-0.2, -0.15) is 0 Å². The number of hydrogen-bond acceptors (Lipinski definition) is 3. The van der Waals surface area contributed by atoms with Crippen LogP contribution < -0.4 is 10.5 Å². The maximum Gasteiger partial charge on any atom is 0.161 e. The van der Waals surface area contributed by atoms with Gasteiger partial charge in [-0.15, -0.1) is 0 Å². The fraction of sp³-hybridized carbons (Fsp3) is 0.300. The normalized spacial score (nSPS) is 10.2. The van der Waals surface area contributed by atoms with Crippen LogP contribution in [0, 0.1) is 5.41 Å². The van der Waals surface area contributed by atoms with Gasteiger partial charge in [0, 0.05) is 5.56 Å². The molecule has 76 valence electrons. The smallest absolute Gasteiger partial charge is 0.161 e. The molecule has 1 aromatic rings. The number of ether oxygens (including phenoxy) is 1. The van der Waals surface area contributed by atoms with Crippen molar-refractivity contribution < 1.29 is 9.84 Å². The summed E-state index contributed by atoms with van der Waals surface area (Å²) < 4.78 is 5.32. The molecule has 0 atom stereocenters. The molecule has 4 N–H and O–H groups in total. The molecule has 0 heterocycles. The average molecular weight is 194 g/mol. The van der Waals surface area contributed by atoms with Crippen molar-refractivity contribution in [1.29, 1.82) is 5.41 Å². The first kappa shape index (κ1) is 10.4. The SMILES string of the molecule is CC(C)Oc1ccc(C(=N)N)cc1O. The Balaban J connectivity index is 2.95. The van der Waals surface area contributed by atoms with E-state index in [1.165, 1.54) is 6.07 Å². The van der Waals surface area contributed by atoms with Crippen LogP contribution >= 0.6 is 0 Å². The molecule has 0 radical (unpaired) electrons. The Morgan fingerprint density at radius 2 is 2.14 bits per heavy atom. The van der Waals surface area contributed by atoms with Crippen molar-refractivity contribution in [1.82, 2.24) is 0 Å². The van der Waals surface area contributed by atoms with Crippen LogP contribution in [0.1, 0.15) is 19.4 Å². The van der Waals surface area contributed by atoms with Crippen molar-refractivity contribution in [3.8, 4) is 11.5 Å². The Labute approximate surface area is 82.8 Å². The van der Waals surface area contributed by atoms with Crippen molar-refractivity contribution in [2.45, 2.75) is 20.0 Å². The molecule has 0 spiro atoms. The van der Waals surface area contributed by atoms with Gasteiger partial charge in [0.05, 0.1) is 6.10 Å². The van der Waals surface area contributed by atoms with E-state index in [0.717, 1.165) is 0 Å². The van der Waals surface area contributed by atoms with E-state index in [2.05, 4.69) is 0 Å². The van der Waals surface area contributed by atoms with Gasteiger partial charge in [0.25, 0.3) is 0 Å². The molecule has 0 amide bonds. The van der Waals surface area contributed by atoms with Crippen molar-refractivity contribution in [3.63, 3.8) is 0 Å². The molecule has 0 saturated carbocycles. The lowest BCUT2D eigenvalue weighted by Gasteiger charge is -2.11. The highest BCUT2D eigenvalue weighted by Gasteiger charge is 2.06. The summed E-state index contributed by atoms with van der Waals surface area (Å²) in [5.74, 6) is 0.341. The highest BCUT2D eigenvalue weighted by molar-refractivity contribution is 5.95. The topological polar surface area (TPSA) is 79.3 Å². The number of phenolic OH excluding ortho intramolecular Hbond substituents is 1. The number of amidine groups is 1. The zero-order valence-electron chi connectivity index (χ0n) is 8.24. The van der Waals surface area contributed by atoms with Crippen LogP contribution in [-0.4, -0.2) is 17.0 Å². The van der Waals surface area contributed by atoms with Gasteiger partial charge in [-0.05, 0) is 32.0 Å². The molecule has 0 fully saturated rings. The fourth-order valence-corrected chi connectivity index (χ4v) is 1.04. The van der Waals surface area contributed by atoms with Crippen molar-refractivity contribution in [2.24, 2.45) is 5.73 Å². The summed E-state index contributed by atoms with van der Waals surface area (Å²) in [4.78, 5) is 0. The number of hydrogen-bond donors (Lipinski definition) is 3. The van der Waals surface area contributed by atoms with Gasteiger partial charge >= 0.3 is 0 Å². The van der Waals surface area contributed by atoms with E-state index in [1.54, 1.807) is 12.1 Å². The monoisotopic (exact) mass is 194 g/mol. The van der Waals surface area contributed by atoms with E-state index in [9.17, 15) is 5.11 Å². The Kier molecular flexibility index (Phi) is 2.96. The summed E-state index contributed by atoms with van der Waals surface area (Å²) in [6.07, 6.45) is 0.00378. The van der Waals surface area contributed by atoms with Crippen LogP contribution in [0.15, 0.2) is 18.2 Å². The third kappa shape index (κ3) is 2.39. The zero-order chi connectivity index (χ0) is 10.7. The van der Waals surface area contributed by atoms with Crippen molar-refractivity contribution in [3.05, 3.63) is 23.8 Å². The largest absolute Gasteiger partial charge is 0.504 e. The minimum absolute atomic E-state index is 0.00378. The second-order valence-corrected chi connectivity index (χ2v) is 3.26. The first-order valence-electron chi connectivity index (χ1n) is 4.34. The molecule has 0 aliphatic carbocycles. The van der Waals surface area contributed by atoms with E-state index in [1.807, 2.05) is 13.8 Å². The molecule has 4 nitrogen and oxygen atoms in total. The van der Waals surface area contributed by atoms with Crippen LogP contribution in [0.25, 0.3) is 0 Å². The Hall–Kier alpha value is -1.71. The number of rotatable bonds is 3. The first-order valence-corrected chi connectivity index (χ1v) is 4.34. The summed E-state index contributed by atoms with van der Waals surface area (Å²) in [6.45, 7) is 3.75. The fourth-order valence-electron chi connectivity index (χ4n) is 1.04. The minimum atomic E-state index is -0.0728. The van der Waals surface area contributed by atoms with Crippen molar-refractivity contribution >= 4 is 5.84 Å². The molecule has 14 heavy (non-hydrogen) atoms. The van der Waals surface area contributed by atoms with Crippen LogP contribution in [0.2, 0.25) is 0 Å². The van der Waals surface area contributed by atoms with Crippen LogP contribution in [0.4, 0.5) is 0 Å².